The van der Waals surface area contributed by atoms with Crippen LogP contribution in [-0.4, -0.2) is 287 Å². The predicted octanol–water partition coefficient (Wildman–Crippen LogP) is -4.19. The molecule has 3 aromatic rings. The number of aliphatic hydroxyl groups is 2. The van der Waals surface area contributed by atoms with Gasteiger partial charge in [-0.05, 0) is 156 Å². The highest BCUT2D eigenvalue weighted by Crippen LogP contribution is 2.42. The number of carbonyl (C=O) groups is 11. The van der Waals surface area contributed by atoms with Crippen molar-refractivity contribution in [2.24, 2.45) is 55.3 Å². The van der Waals surface area contributed by atoms with Crippen molar-refractivity contribution in [3.05, 3.63) is 93.2 Å². The molecule has 12 atom stereocenters. The van der Waals surface area contributed by atoms with Gasteiger partial charge in [-0.2, -0.15) is 0 Å². The minimum Gasteiger partial charge on any atom is -0.480 e. The molecule has 10 amide bonds. The molecule has 0 bridgehead atoms. The molecule has 630 valence electrons. The van der Waals surface area contributed by atoms with Crippen LogP contribution in [0.3, 0.4) is 0 Å². The predicted molar refractivity (Wildman–Crippen MR) is 430 cm³/mol. The molecule has 38 heteroatoms. The van der Waals surface area contributed by atoms with E-state index in [1.807, 2.05) is 18.2 Å². The van der Waals surface area contributed by atoms with Gasteiger partial charge in [-0.1, -0.05) is 55.3 Å². The zero-order chi connectivity index (χ0) is 82.5. The number of hydrogen-bond donors (Lipinski definition) is 18. The maximum Gasteiger partial charge on any atom is 0.326 e. The van der Waals surface area contributed by atoms with Crippen LogP contribution < -0.4 is 82.3 Å². The minimum absolute atomic E-state index is 0.000428. The van der Waals surface area contributed by atoms with Crippen LogP contribution in [0.15, 0.2) is 81.0 Å². The average molecular weight is 1620 g/mol. The van der Waals surface area contributed by atoms with Gasteiger partial charge in [0.2, 0.25) is 53.2 Å². The lowest BCUT2D eigenvalue weighted by Gasteiger charge is -2.42. The molecule has 0 spiro atoms. The van der Waals surface area contributed by atoms with Gasteiger partial charge in [-0.15, -0.1) is 11.3 Å². The third-order valence-electron chi connectivity index (χ3n) is 21.9. The fraction of sp³-hybridized carbons (Fsp3) is 0.610. The minimum atomic E-state index is -1.69. The number of fused-ring (bicyclic) bond motifs is 2. The molecule has 5 aliphatic heterocycles. The number of rotatable bonds is 34. The average Bonchev–Trinajstić information content (AvgIpc) is 1.71. The Morgan fingerprint density at radius 3 is 1.83 bits per heavy atom. The first kappa shape index (κ1) is 88.8. The van der Waals surface area contributed by atoms with E-state index in [1.165, 1.54) is 26.0 Å². The molecule has 0 unspecified atom stereocenters. The van der Waals surface area contributed by atoms with E-state index in [-0.39, 0.29) is 139 Å². The summed E-state index contributed by atoms with van der Waals surface area (Å²) < 4.78 is 0. The maximum absolute atomic E-state index is 15.5. The molecule has 0 radical (unpaired) electrons. The van der Waals surface area contributed by atoms with E-state index in [0.717, 1.165) is 94.1 Å². The molecule has 1 aliphatic carbocycles. The number of amides is 10. The molecular formula is C77H117N23O14S. The Hall–Kier alpha value is -10.1. The molecule has 1 saturated carbocycles. The monoisotopic (exact) mass is 1620 g/mol. The standard InChI is InChI=1S/C77H117N23O14S/c78-75(79)87-28-5-16-54(92-65(104)48-23-21-47(22-24-48)43-96-34-11-27-85-32-31-84-25-10-26-86-33-36-96)66(105)93-55(17-6-29-88-76(80)81)70(109)97-35-8-20-60(97)72(111)99-45-52(102)40-61(99)68(107)90-42-64(103)91-57(41-53-15-9-37-115-53)67(106)95-58(46-101)71(110)98-44-51-14-2-1-12-49(51)38-63(98)73(112)100-59-19-4-3-13-50(59)39-62(100)69(108)94-56(74(113)114)18-7-30-89-77(82)83/h1-2,9,12,14-15,21-24,37,50,52,54-63,84-86,101-102H,3-8,10-11,13,16-20,25-36,38-46H2,(H,90,107)(H,91,103)(H,92,104)(H,93,105)(H,94,108)(H,95,106)(H,113,114)(H4,78,79,87)(H4,80,81,88)(H4,82,83,89)/t50-,52+,54+,55-,56-,57-,58-,59-,60-,61-,62-,63+/m0/s1. The summed E-state index contributed by atoms with van der Waals surface area (Å²) in [4.78, 5) is 179. The summed E-state index contributed by atoms with van der Waals surface area (Å²) in [6, 6.07) is 5.54. The molecule has 5 fully saturated rings. The smallest absolute Gasteiger partial charge is 0.326 e. The number of nitrogens with zero attached hydrogens (tertiary/aromatic N) is 8. The van der Waals surface area contributed by atoms with Gasteiger partial charge in [0.25, 0.3) is 5.91 Å². The van der Waals surface area contributed by atoms with Crippen molar-refractivity contribution in [3.63, 3.8) is 0 Å². The molecule has 2 aromatic carbocycles. The number of guanidine groups is 3. The number of thiophene rings is 1. The molecule has 4 saturated heterocycles. The van der Waals surface area contributed by atoms with Gasteiger partial charge in [0.1, 0.15) is 54.4 Å². The first-order valence-electron chi connectivity index (χ1n) is 40.1. The zero-order valence-electron chi connectivity index (χ0n) is 65.3. The van der Waals surface area contributed by atoms with E-state index >= 15 is 14.4 Å². The second-order valence-electron chi connectivity index (χ2n) is 30.3. The number of carbonyl (C=O) groups excluding carboxylic acids is 10. The van der Waals surface area contributed by atoms with Gasteiger partial charge in [0.15, 0.2) is 17.9 Å². The van der Waals surface area contributed by atoms with Crippen molar-refractivity contribution in [3.8, 4) is 0 Å². The lowest BCUT2D eigenvalue weighted by atomic mass is 9.84. The number of carboxylic acids is 1. The molecule has 6 aliphatic rings. The van der Waals surface area contributed by atoms with Gasteiger partial charge in [0.05, 0.1) is 19.3 Å². The highest BCUT2D eigenvalue weighted by molar-refractivity contribution is 7.09. The summed E-state index contributed by atoms with van der Waals surface area (Å²) in [5.74, 6) is -9.24. The lowest BCUT2D eigenvalue weighted by molar-refractivity contribution is -0.153. The zero-order valence-corrected chi connectivity index (χ0v) is 66.1. The number of aliphatic imine (C=N–C) groups is 3. The molecule has 9 rings (SSSR count). The normalized spacial score (nSPS) is 22.0. The highest BCUT2D eigenvalue weighted by Gasteiger charge is 2.52. The summed E-state index contributed by atoms with van der Waals surface area (Å²) in [6.45, 7) is 5.93. The number of carboxylic acid groups (broad SMARTS) is 1. The van der Waals surface area contributed by atoms with Crippen LogP contribution in [0.1, 0.15) is 135 Å². The number of β-amino-alcohol motifs (C(OH)–C–C–N with tert-alkyl or cyclic N) is 1. The maximum atomic E-state index is 15.5. The van der Waals surface area contributed by atoms with Crippen molar-refractivity contribution in [1.29, 1.82) is 0 Å². The Bertz CT molecular complexity index is 3870. The van der Waals surface area contributed by atoms with Gasteiger partial charge in [-0.25, -0.2) is 4.79 Å². The SMILES string of the molecule is NC(N)=NCCC[C@H](NC(=O)[C@@H]1C[C@@H]2CCCC[C@@H]2N1C(=O)[C@H]1Cc2ccccc2CN1C(=O)[C@H](CO)NC(=O)[C@H](Cc1cccs1)NC(=O)CNC(=O)[C@@H]1C[C@@H](O)CN1C(=O)[C@@H]1CCCN1C(=O)[C@H](CCCN=C(N)N)NC(=O)[C@@H](CCCN=C(N)N)NC(=O)c1ccc(CN2CCCNCCNCCCNCC2)cc1)C(=O)O. The van der Waals surface area contributed by atoms with E-state index in [2.05, 4.69) is 67.7 Å². The third kappa shape index (κ3) is 26.2. The van der Waals surface area contributed by atoms with Gasteiger partial charge < -0.3 is 117 Å². The van der Waals surface area contributed by atoms with Crippen molar-refractivity contribution in [2.45, 2.75) is 195 Å². The highest BCUT2D eigenvalue weighted by atomic mass is 32.1. The Balaban J connectivity index is 0.846. The van der Waals surface area contributed by atoms with E-state index in [4.69, 9.17) is 34.4 Å². The third-order valence-corrected chi connectivity index (χ3v) is 22.8. The fourth-order valence-corrected chi connectivity index (χ4v) is 16.8. The molecule has 24 N–H and O–H groups in total. The van der Waals surface area contributed by atoms with Crippen LogP contribution in [-0.2, 0) is 73.9 Å². The van der Waals surface area contributed by atoms with Gasteiger partial charge in [0, 0.05) is 108 Å². The van der Waals surface area contributed by atoms with E-state index in [0.29, 0.717) is 36.2 Å². The van der Waals surface area contributed by atoms with Crippen molar-refractivity contribution < 1.29 is 68.1 Å². The molecule has 115 heavy (non-hydrogen) atoms. The van der Waals surface area contributed by atoms with E-state index in [9.17, 15) is 53.7 Å². The fourth-order valence-electron chi connectivity index (χ4n) is 16.1. The topological polar surface area (TPSA) is 566 Å². The molecule has 1 aromatic heterocycles. The van der Waals surface area contributed by atoms with Crippen LogP contribution in [0.25, 0.3) is 0 Å². The van der Waals surface area contributed by atoms with Crippen LogP contribution in [0.5, 0.6) is 0 Å². The number of likely N-dealkylation sites (tertiary alicyclic amines) is 3. The second-order valence-corrected chi connectivity index (χ2v) is 31.3. The molecule has 37 nitrogen and oxygen atoms in total. The van der Waals surface area contributed by atoms with Crippen LogP contribution in [0.2, 0.25) is 0 Å². The summed E-state index contributed by atoms with van der Waals surface area (Å²) >= 11 is 1.27. The molecular weight excluding hydrogens is 1500 g/mol. The summed E-state index contributed by atoms with van der Waals surface area (Å²) in [6.07, 6.45) is 4.69. The Morgan fingerprint density at radius 1 is 0.548 bits per heavy atom. The summed E-state index contributed by atoms with van der Waals surface area (Å²) in [5, 5.41) is 60.7. The summed E-state index contributed by atoms with van der Waals surface area (Å²) in [7, 11) is 0. The first-order valence-corrected chi connectivity index (χ1v) is 41.0. The van der Waals surface area contributed by atoms with Crippen molar-refractivity contribution >= 4 is 94.3 Å². The Kier molecular flexibility index (Phi) is 34.5. The van der Waals surface area contributed by atoms with Gasteiger partial charge >= 0.3 is 5.97 Å². The lowest BCUT2D eigenvalue weighted by Crippen LogP contribution is -2.63. The Morgan fingerprint density at radius 2 is 1.17 bits per heavy atom. The molecule has 6 heterocycles. The number of nitrogens with one attached hydrogen (secondary N) is 9. The van der Waals surface area contributed by atoms with Crippen LogP contribution >= 0.6 is 11.3 Å². The van der Waals surface area contributed by atoms with Gasteiger partial charge in [-0.3, -0.25) is 67.8 Å². The first-order chi connectivity index (χ1) is 55.4. The summed E-state index contributed by atoms with van der Waals surface area (Å²) in [5.41, 5.74) is 36.2. The van der Waals surface area contributed by atoms with Crippen molar-refractivity contribution in [1.82, 2.24) is 72.4 Å². The number of hydrogen-bond acceptors (Lipinski definition) is 21. The number of benzene rings is 2. The largest absolute Gasteiger partial charge is 0.480 e. The second kappa shape index (κ2) is 44.7. The van der Waals surface area contributed by atoms with Crippen LogP contribution in [0.4, 0.5) is 0 Å². The number of aliphatic hydroxyl groups excluding tert-OH is 2. The van der Waals surface area contributed by atoms with Crippen LogP contribution in [0, 0.1) is 5.92 Å². The van der Waals surface area contributed by atoms with Crippen molar-refractivity contribution in [2.75, 3.05) is 98.2 Å². The number of nitrogens with two attached hydrogens (primary N) is 6. The quantitative estimate of drug-likeness (QED) is 0.0153. The Labute approximate surface area is 673 Å². The number of aliphatic carboxylic acids is 1. The van der Waals surface area contributed by atoms with E-state index in [1.54, 1.807) is 47.8 Å². The van der Waals surface area contributed by atoms with E-state index < -0.39 is 145 Å².